The summed E-state index contributed by atoms with van der Waals surface area (Å²) in [6.07, 6.45) is 0.311. The number of carbonyl (C=O) groups is 1. The van der Waals surface area contributed by atoms with Gasteiger partial charge in [-0.25, -0.2) is 4.39 Å². The van der Waals surface area contributed by atoms with Crippen LogP contribution < -0.4 is 11.1 Å². The number of nitrogens with zero attached hydrogens (tertiary/aromatic N) is 1. The number of rotatable bonds is 3. The van der Waals surface area contributed by atoms with Gasteiger partial charge in [0.05, 0.1) is 23.7 Å². The van der Waals surface area contributed by atoms with E-state index in [9.17, 15) is 9.18 Å². The van der Waals surface area contributed by atoms with E-state index in [0.717, 1.165) is 5.56 Å². The summed E-state index contributed by atoms with van der Waals surface area (Å²) in [5, 5.41) is 11.2. The smallest absolute Gasteiger partial charge is 0.257 e. The van der Waals surface area contributed by atoms with Crippen molar-refractivity contribution in [3.05, 3.63) is 59.4 Å². The summed E-state index contributed by atoms with van der Waals surface area (Å²) < 4.78 is 13.3. The van der Waals surface area contributed by atoms with Crippen molar-refractivity contribution in [1.82, 2.24) is 0 Å². The number of amides is 1. The lowest BCUT2D eigenvalue weighted by atomic mass is 10.1. The Hall–Kier alpha value is -2.87. The van der Waals surface area contributed by atoms with Crippen LogP contribution in [0.15, 0.2) is 42.5 Å². The molecule has 0 aliphatic carbocycles. The quantitative estimate of drug-likeness (QED) is 0.841. The van der Waals surface area contributed by atoms with Gasteiger partial charge in [-0.05, 0) is 29.8 Å². The summed E-state index contributed by atoms with van der Waals surface area (Å²) in [6.45, 7) is 0. The van der Waals surface area contributed by atoms with Gasteiger partial charge in [-0.2, -0.15) is 5.26 Å². The molecule has 0 aliphatic heterocycles. The zero-order chi connectivity index (χ0) is 14.5. The van der Waals surface area contributed by atoms with Gasteiger partial charge in [0.1, 0.15) is 5.82 Å². The minimum Gasteiger partial charge on any atom is -0.396 e. The van der Waals surface area contributed by atoms with E-state index in [1.54, 1.807) is 24.3 Å². The van der Waals surface area contributed by atoms with Gasteiger partial charge in [0.2, 0.25) is 0 Å². The topological polar surface area (TPSA) is 78.9 Å². The Morgan fingerprint density at radius 1 is 1.25 bits per heavy atom. The maximum Gasteiger partial charge on any atom is 0.257 e. The Morgan fingerprint density at radius 3 is 2.60 bits per heavy atom. The van der Waals surface area contributed by atoms with E-state index in [0.29, 0.717) is 12.1 Å². The first-order chi connectivity index (χ1) is 9.61. The van der Waals surface area contributed by atoms with Gasteiger partial charge in [0.25, 0.3) is 5.91 Å². The highest BCUT2D eigenvalue weighted by molar-refractivity contribution is 6.07. The molecule has 0 radical (unpaired) electrons. The van der Waals surface area contributed by atoms with Crippen molar-refractivity contribution in [2.75, 3.05) is 11.1 Å². The van der Waals surface area contributed by atoms with Gasteiger partial charge in [-0.15, -0.1) is 0 Å². The fourth-order valence-electron chi connectivity index (χ4n) is 1.73. The largest absolute Gasteiger partial charge is 0.396 e. The molecule has 3 N–H and O–H groups in total. The predicted molar refractivity (Wildman–Crippen MR) is 74.5 cm³/mol. The molecule has 1 amide bonds. The Balaban J connectivity index is 2.15. The number of hydrogen-bond donors (Lipinski definition) is 2. The van der Waals surface area contributed by atoms with E-state index in [1.165, 1.54) is 18.2 Å². The molecule has 2 rings (SSSR count). The highest BCUT2D eigenvalue weighted by Crippen LogP contribution is 2.18. The van der Waals surface area contributed by atoms with Crippen LogP contribution in [0.5, 0.6) is 0 Å². The molecule has 0 saturated heterocycles. The molecule has 0 spiro atoms. The molecule has 0 heterocycles. The Morgan fingerprint density at radius 2 is 1.95 bits per heavy atom. The molecule has 0 aromatic heterocycles. The van der Waals surface area contributed by atoms with E-state index in [2.05, 4.69) is 5.32 Å². The van der Waals surface area contributed by atoms with Crippen LogP contribution in [-0.2, 0) is 6.42 Å². The zero-order valence-electron chi connectivity index (χ0n) is 10.6. The summed E-state index contributed by atoms with van der Waals surface area (Å²) in [7, 11) is 0. The Bertz CT molecular complexity index is 675. The molecule has 0 unspecified atom stereocenters. The van der Waals surface area contributed by atoms with E-state index >= 15 is 0 Å². The van der Waals surface area contributed by atoms with Crippen molar-refractivity contribution in [3.8, 4) is 6.07 Å². The minimum absolute atomic E-state index is 0.0890. The third-order valence-electron chi connectivity index (χ3n) is 2.79. The fraction of sp³-hybridized carbons (Fsp3) is 0.0667. The van der Waals surface area contributed by atoms with Crippen molar-refractivity contribution in [3.63, 3.8) is 0 Å². The molecule has 100 valence electrons. The number of nitrogens with two attached hydrogens (primary N) is 1. The number of nitrogen functional groups attached to an aromatic ring is 1. The molecule has 0 atom stereocenters. The van der Waals surface area contributed by atoms with Crippen LogP contribution in [0, 0.1) is 17.1 Å². The number of benzene rings is 2. The summed E-state index contributed by atoms with van der Waals surface area (Å²) in [5.74, 6) is -1.10. The lowest BCUT2D eigenvalue weighted by Crippen LogP contribution is -2.14. The van der Waals surface area contributed by atoms with Crippen LogP contribution in [-0.4, -0.2) is 5.91 Å². The van der Waals surface area contributed by atoms with Gasteiger partial charge >= 0.3 is 0 Å². The monoisotopic (exact) mass is 269 g/mol. The Kier molecular flexibility index (Phi) is 3.96. The summed E-state index contributed by atoms with van der Waals surface area (Å²) in [5.41, 5.74) is 6.86. The molecule has 4 nitrogen and oxygen atoms in total. The molecular formula is C15H12FN3O. The fourth-order valence-corrected chi connectivity index (χ4v) is 1.73. The number of anilines is 2. The molecule has 0 fully saturated rings. The normalized spacial score (nSPS) is 9.80. The molecule has 0 bridgehead atoms. The van der Waals surface area contributed by atoms with Gasteiger partial charge in [0, 0.05) is 5.69 Å². The first-order valence-corrected chi connectivity index (χ1v) is 5.93. The summed E-state index contributed by atoms with van der Waals surface area (Å²) in [4.78, 5) is 12.0. The number of halogens is 1. The standard InChI is InChI=1S/C15H12FN3O/c16-13-3-1-2-12(14(13)18)15(20)19-11-6-4-10(5-7-11)8-9-17/h1-7H,8,18H2,(H,19,20). The maximum absolute atomic E-state index is 13.3. The molecular weight excluding hydrogens is 257 g/mol. The van der Waals surface area contributed by atoms with E-state index in [1.807, 2.05) is 6.07 Å². The molecule has 2 aromatic rings. The van der Waals surface area contributed by atoms with Gasteiger partial charge in [-0.3, -0.25) is 4.79 Å². The third kappa shape index (κ3) is 2.93. The van der Waals surface area contributed by atoms with Gasteiger partial charge in [-0.1, -0.05) is 18.2 Å². The number of para-hydroxylation sites is 1. The first-order valence-electron chi connectivity index (χ1n) is 5.93. The van der Waals surface area contributed by atoms with Crippen molar-refractivity contribution in [2.45, 2.75) is 6.42 Å². The number of hydrogen-bond acceptors (Lipinski definition) is 3. The summed E-state index contributed by atoms with van der Waals surface area (Å²) >= 11 is 0. The van der Waals surface area contributed by atoms with Crippen LogP contribution in [0.3, 0.4) is 0 Å². The first kappa shape index (κ1) is 13.6. The maximum atomic E-state index is 13.3. The van der Waals surface area contributed by atoms with E-state index in [4.69, 9.17) is 11.0 Å². The zero-order valence-corrected chi connectivity index (χ0v) is 10.6. The lowest BCUT2D eigenvalue weighted by Gasteiger charge is -2.08. The van der Waals surface area contributed by atoms with Crippen LogP contribution >= 0.6 is 0 Å². The van der Waals surface area contributed by atoms with Crippen LogP contribution in [0.1, 0.15) is 15.9 Å². The second-order valence-electron chi connectivity index (χ2n) is 4.19. The molecule has 20 heavy (non-hydrogen) atoms. The molecule has 0 saturated carbocycles. The Labute approximate surface area is 115 Å². The second-order valence-corrected chi connectivity index (χ2v) is 4.19. The minimum atomic E-state index is -0.623. The average molecular weight is 269 g/mol. The van der Waals surface area contributed by atoms with Gasteiger partial charge in [0.15, 0.2) is 0 Å². The third-order valence-corrected chi connectivity index (χ3v) is 2.79. The van der Waals surface area contributed by atoms with Crippen LogP contribution in [0.25, 0.3) is 0 Å². The number of nitriles is 1. The predicted octanol–water partition coefficient (Wildman–Crippen LogP) is 2.73. The van der Waals surface area contributed by atoms with E-state index < -0.39 is 11.7 Å². The van der Waals surface area contributed by atoms with Crippen LogP contribution in [0.4, 0.5) is 15.8 Å². The molecule has 2 aromatic carbocycles. The summed E-state index contributed by atoms with van der Waals surface area (Å²) in [6, 6.07) is 13.0. The molecule has 5 heteroatoms. The van der Waals surface area contributed by atoms with Crippen molar-refractivity contribution < 1.29 is 9.18 Å². The van der Waals surface area contributed by atoms with Crippen molar-refractivity contribution in [2.24, 2.45) is 0 Å². The molecule has 0 aliphatic rings. The number of nitrogens with one attached hydrogen (secondary N) is 1. The average Bonchev–Trinajstić information content (AvgIpc) is 2.44. The second kappa shape index (κ2) is 5.85. The number of carbonyl (C=O) groups excluding carboxylic acids is 1. The van der Waals surface area contributed by atoms with E-state index in [-0.39, 0.29) is 11.3 Å². The van der Waals surface area contributed by atoms with Crippen LogP contribution in [0.2, 0.25) is 0 Å². The van der Waals surface area contributed by atoms with Crippen molar-refractivity contribution in [1.29, 1.82) is 5.26 Å². The van der Waals surface area contributed by atoms with Gasteiger partial charge < -0.3 is 11.1 Å². The highest BCUT2D eigenvalue weighted by Gasteiger charge is 2.12. The SMILES string of the molecule is N#CCc1ccc(NC(=O)c2cccc(F)c2N)cc1. The van der Waals surface area contributed by atoms with Crippen molar-refractivity contribution >= 4 is 17.3 Å². The highest BCUT2D eigenvalue weighted by atomic mass is 19.1. The lowest BCUT2D eigenvalue weighted by molar-refractivity contribution is 0.102.